The quantitative estimate of drug-likeness (QED) is 0.778. The summed E-state index contributed by atoms with van der Waals surface area (Å²) in [5.41, 5.74) is 2.01. The molecule has 0 N–H and O–H groups in total. The van der Waals surface area contributed by atoms with E-state index in [-0.39, 0.29) is 11.9 Å². The number of carbonyl (C=O) groups is 1. The molecule has 0 aliphatic carbocycles. The molecule has 5 nitrogen and oxygen atoms in total. The van der Waals surface area contributed by atoms with E-state index >= 15 is 0 Å². The molecule has 3 rings (SSSR count). The van der Waals surface area contributed by atoms with Crippen LogP contribution < -0.4 is 4.74 Å². The Morgan fingerprint density at radius 3 is 2.96 bits per heavy atom. The zero-order chi connectivity index (χ0) is 18.5. The van der Waals surface area contributed by atoms with E-state index in [0.717, 1.165) is 36.3 Å². The molecule has 1 aromatic heterocycles. The number of rotatable bonds is 6. The summed E-state index contributed by atoms with van der Waals surface area (Å²) in [4.78, 5) is 20.4. The number of pyridine rings is 1. The van der Waals surface area contributed by atoms with Crippen LogP contribution in [0.15, 0.2) is 42.7 Å². The number of nitrogens with zero attached hydrogens (tertiary/aromatic N) is 3. The van der Waals surface area contributed by atoms with Gasteiger partial charge in [0.1, 0.15) is 12.4 Å². The van der Waals surface area contributed by atoms with Crippen molar-refractivity contribution in [3.8, 4) is 5.75 Å². The van der Waals surface area contributed by atoms with Crippen LogP contribution in [0.5, 0.6) is 5.75 Å². The highest BCUT2D eigenvalue weighted by atomic mass is 35.5. The van der Waals surface area contributed by atoms with Crippen molar-refractivity contribution < 1.29 is 9.53 Å². The number of carbonyl (C=O) groups excluding carboxylic acids is 1. The fraction of sp³-hybridized carbons (Fsp3) is 0.400. The molecule has 0 bridgehead atoms. The summed E-state index contributed by atoms with van der Waals surface area (Å²) in [6.07, 6.45) is 5.45. The number of halogens is 1. The monoisotopic (exact) mass is 373 g/mol. The van der Waals surface area contributed by atoms with Gasteiger partial charge in [-0.3, -0.25) is 14.7 Å². The molecule has 0 radical (unpaired) electrons. The molecule has 1 unspecified atom stereocenters. The Morgan fingerprint density at radius 2 is 2.23 bits per heavy atom. The second-order valence-corrected chi connectivity index (χ2v) is 7.20. The van der Waals surface area contributed by atoms with Gasteiger partial charge in [0.2, 0.25) is 5.91 Å². The molecule has 1 amide bonds. The topological polar surface area (TPSA) is 45.7 Å². The summed E-state index contributed by atoms with van der Waals surface area (Å²) in [6, 6.07) is 9.45. The van der Waals surface area contributed by atoms with Gasteiger partial charge in [0.05, 0.1) is 6.04 Å². The van der Waals surface area contributed by atoms with Gasteiger partial charge in [0, 0.05) is 49.2 Å². The molecule has 1 saturated heterocycles. The normalized spacial score (nSPS) is 17.3. The molecule has 1 fully saturated rings. The van der Waals surface area contributed by atoms with E-state index in [0.29, 0.717) is 18.2 Å². The summed E-state index contributed by atoms with van der Waals surface area (Å²) in [5.74, 6) is 0.948. The number of amides is 1. The lowest BCUT2D eigenvalue weighted by Crippen LogP contribution is -2.42. The standard InChI is InChI=1S/C20H24ClN3O2/c1-23(2)20(25)18-6-4-10-24(18)13-16-11-17(21)7-8-19(16)26-14-15-5-3-9-22-12-15/h3,5,7-9,11-12,18H,4,6,10,13-14H2,1-2H3. The number of ether oxygens (including phenoxy) is 1. The molecule has 0 spiro atoms. The van der Waals surface area contributed by atoms with Gasteiger partial charge >= 0.3 is 0 Å². The molecule has 1 aliphatic rings. The van der Waals surface area contributed by atoms with Crippen LogP contribution in [0.4, 0.5) is 0 Å². The molecule has 2 aromatic rings. The lowest BCUT2D eigenvalue weighted by atomic mass is 10.1. The minimum Gasteiger partial charge on any atom is -0.489 e. The largest absolute Gasteiger partial charge is 0.489 e. The van der Waals surface area contributed by atoms with Crippen LogP contribution in [0, 0.1) is 0 Å². The number of likely N-dealkylation sites (N-methyl/N-ethyl adjacent to an activating group) is 1. The molecular formula is C20H24ClN3O2. The Labute approximate surface area is 159 Å². The Bertz CT molecular complexity index is 752. The van der Waals surface area contributed by atoms with Crippen LogP contribution in [-0.2, 0) is 17.9 Å². The Hall–Kier alpha value is -2.11. The first kappa shape index (κ1) is 18.7. The molecule has 1 atom stereocenters. The van der Waals surface area contributed by atoms with E-state index in [2.05, 4.69) is 9.88 Å². The summed E-state index contributed by atoms with van der Waals surface area (Å²) >= 11 is 6.21. The van der Waals surface area contributed by atoms with Gasteiger partial charge in [-0.1, -0.05) is 17.7 Å². The zero-order valence-electron chi connectivity index (χ0n) is 15.2. The molecule has 0 saturated carbocycles. The maximum absolute atomic E-state index is 12.4. The third-order valence-electron chi connectivity index (χ3n) is 4.60. The minimum absolute atomic E-state index is 0.0739. The Balaban J connectivity index is 1.74. The van der Waals surface area contributed by atoms with E-state index in [9.17, 15) is 4.79 Å². The van der Waals surface area contributed by atoms with Crippen LogP contribution in [0.2, 0.25) is 5.02 Å². The van der Waals surface area contributed by atoms with Crippen LogP contribution in [-0.4, -0.2) is 47.4 Å². The Kier molecular flexibility index (Phi) is 6.12. The fourth-order valence-electron chi connectivity index (χ4n) is 3.27. The average molecular weight is 374 g/mol. The van der Waals surface area contributed by atoms with Gasteiger partial charge in [0.25, 0.3) is 0 Å². The third-order valence-corrected chi connectivity index (χ3v) is 4.84. The SMILES string of the molecule is CN(C)C(=O)C1CCCN1Cc1cc(Cl)ccc1OCc1cccnc1. The van der Waals surface area contributed by atoms with Gasteiger partial charge in [-0.15, -0.1) is 0 Å². The zero-order valence-corrected chi connectivity index (χ0v) is 15.9. The summed E-state index contributed by atoms with van der Waals surface area (Å²) in [7, 11) is 3.61. The molecule has 2 heterocycles. The van der Waals surface area contributed by atoms with Crippen molar-refractivity contribution in [2.45, 2.75) is 32.0 Å². The number of likely N-dealkylation sites (tertiary alicyclic amines) is 1. The van der Waals surface area contributed by atoms with Crippen molar-refractivity contribution in [1.29, 1.82) is 0 Å². The van der Waals surface area contributed by atoms with E-state index in [1.54, 1.807) is 31.4 Å². The molecular weight excluding hydrogens is 350 g/mol. The fourth-order valence-corrected chi connectivity index (χ4v) is 3.46. The molecule has 1 aliphatic heterocycles. The summed E-state index contributed by atoms with van der Waals surface area (Å²) < 4.78 is 6.01. The lowest BCUT2D eigenvalue weighted by Gasteiger charge is -2.26. The molecule has 1 aromatic carbocycles. The molecule has 138 valence electrons. The van der Waals surface area contributed by atoms with Crippen LogP contribution in [0.1, 0.15) is 24.0 Å². The first-order valence-electron chi connectivity index (χ1n) is 8.80. The van der Waals surface area contributed by atoms with Gasteiger partial charge < -0.3 is 9.64 Å². The lowest BCUT2D eigenvalue weighted by molar-refractivity contribution is -0.133. The number of hydrogen-bond acceptors (Lipinski definition) is 4. The predicted molar refractivity (Wildman–Crippen MR) is 102 cm³/mol. The number of benzene rings is 1. The predicted octanol–water partition coefficient (Wildman–Crippen LogP) is 3.37. The minimum atomic E-state index is -0.0739. The second-order valence-electron chi connectivity index (χ2n) is 6.76. The van der Waals surface area contributed by atoms with Gasteiger partial charge in [-0.25, -0.2) is 0 Å². The Morgan fingerprint density at radius 1 is 1.38 bits per heavy atom. The van der Waals surface area contributed by atoms with Gasteiger partial charge in [-0.2, -0.15) is 0 Å². The van der Waals surface area contributed by atoms with Gasteiger partial charge in [0.15, 0.2) is 0 Å². The molecule has 6 heteroatoms. The first-order valence-corrected chi connectivity index (χ1v) is 9.18. The van der Waals surface area contributed by atoms with E-state index in [1.807, 2.05) is 30.3 Å². The van der Waals surface area contributed by atoms with Gasteiger partial charge in [-0.05, 0) is 43.7 Å². The highest BCUT2D eigenvalue weighted by molar-refractivity contribution is 6.30. The maximum atomic E-state index is 12.4. The average Bonchev–Trinajstić information content (AvgIpc) is 3.09. The van der Waals surface area contributed by atoms with Crippen LogP contribution >= 0.6 is 11.6 Å². The smallest absolute Gasteiger partial charge is 0.239 e. The third kappa shape index (κ3) is 4.54. The number of hydrogen-bond donors (Lipinski definition) is 0. The van der Waals surface area contributed by atoms with Crippen LogP contribution in [0.25, 0.3) is 0 Å². The van der Waals surface area contributed by atoms with Crippen molar-refractivity contribution in [2.75, 3.05) is 20.6 Å². The van der Waals surface area contributed by atoms with Crippen molar-refractivity contribution in [2.24, 2.45) is 0 Å². The van der Waals surface area contributed by atoms with Crippen molar-refractivity contribution in [3.63, 3.8) is 0 Å². The van der Waals surface area contributed by atoms with Crippen LogP contribution in [0.3, 0.4) is 0 Å². The van der Waals surface area contributed by atoms with E-state index < -0.39 is 0 Å². The van der Waals surface area contributed by atoms with Crippen molar-refractivity contribution >= 4 is 17.5 Å². The van der Waals surface area contributed by atoms with Crippen molar-refractivity contribution in [1.82, 2.24) is 14.8 Å². The summed E-state index contributed by atoms with van der Waals surface area (Å²) in [5, 5.41) is 0.670. The molecule has 26 heavy (non-hydrogen) atoms. The second kappa shape index (κ2) is 8.52. The highest BCUT2D eigenvalue weighted by Gasteiger charge is 2.32. The maximum Gasteiger partial charge on any atom is 0.239 e. The number of aromatic nitrogens is 1. The highest BCUT2D eigenvalue weighted by Crippen LogP contribution is 2.28. The summed E-state index contributed by atoms with van der Waals surface area (Å²) in [6.45, 7) is 1.99. The first-order chi connectivity index (χ1) is 12.5. The van der Waals surface area contributed by atoms with E-state index in [4.69, 9.17) is 16.3 Å². The van der Waals surface area contributed by atoms with Crippen molar-refractivity contribution in [3.05, 3.63) is 58.9 Å². The van der Waals surface area contributed by atoms with E-state index in [1.165, 1.54) is 0 Å².